The lowest BCUT2D eigenvalue weighted by atomic mass is 10.0. The second-order valence-corrected chi connectivity index (χ2v) is 9.80. The molecule has 0 aliphatic rings. The van der Waals surface area contributed by atoms with Crippen molar-refractivity contribution in [3.05, 3.63) is 36.0 Å². The molecule has 1 aromatic heterocycles. The first kappa shape index (κ1) is 31.8. The number of carboxylic acids is 2. The van der Waals surface area contributed by atoms with Crippen molar-refractivity contribution >= 4 is 46.5 Å². The Morgan fingerprint density at radius 3 is 2.10 bits per heavy atom. The zero-order chi connectivity index (χ0) is 30.0. The molecule has 40 heavy (non-hydrogen) atoms. The van der Waals surface area contributed by atoms with Gasteiger partial charge in [-0.1, -0.05) is 32.0 Å². The average molecular weight is 561 g/mol. The van der Waals surface area contributed by atoms with Gasteiger partial charge in [-0.2, -0.15) is 0 Å². The van der Waals surface area contributed by atoms with Gasteiger partial charge in [0.15, 0.2) is 0 Å². The molecule has 0 aliphatic carbocycles. The number of nitrogens with two attached hydrogens (primary N) is 2. The first-order valence-corrected chi connectivity index (χ1v) is 12.7. The predicted octanol–water partition coefficient (Wildman–Crippen LogP) is -0.637. The Labute approximate surface area is 230 Å². The largest absolute Gasteiger partial charge is 0.481 e. The summed E-state index contributed by atoms with van der Waals surface area (Å²) in [4.78, 5) is 76.2. The van der Waals surface area contributed by atoms with E-state index in [1.807, 2.05) is 18.2 Å². The van der Waals surface area contributed by atoms with Crippen molar-refractivity contribution in [2.75, 3.05) is 0 Å². The fourth-order valence-electron chi connectivity index (χ4n) is 4.01. The van der Waals surface area contributed by atoms with E-state index in [9.17, 15) is 33.9 Å². The molecule has 0 fully saturated rings. The van der Waals surface area contributed by atoms with Gasteiger partial charge in [0, 0.05) is 36.4 Å². The molecule has 4 amide bonds. The van der Waals surface area contributed by atoms with Crippen LogP contribution in [0.5, 0.6) is 0 Å². The number of carboxylic acid groups (broad SMARTS) is 2. The Morgan fingerprint density at radius 2 is 1.50 bits per heavy atom. The van der Waals surface area contributed by atoms with E-state index in [-0.39, 0.29) is 32.1 Å². The quantitative estimate of drug-likeness (QED) is 0.130. The van der Waals surface area contributed by atoms with E-state index < -0.39 is 65.7 Å². The van der Waals surface area contributed by atoms with Gasteiger partial charge in [0.05, 0.1) is 6.04 Å². The molecule has 218 valence electrons. The highest BCUT2D eigenvalue weighted by atomic mass is 16.4. The molecule has 2 rings (SSSR count). The lowest BCUT2D eigenvalue weighted by Gasteiger charge is -2.26. The third-order valence-electron chi connectivity index (χ3n) is 6.28. The summed E-state index contributed by atoms with van der Waals surface area (Å²) in [6.45, 7) is 3.24. The number of fused-ring (bicyclic) bond motifs is 1. The van der Waals surface area contributed by atoms with Crippen molar-refractivity contribution in [1.82, 2.24) is 20.9 Å². The summed E-state index contributed by atoms with van der Waals surface area (Å²) in [5.74, 6) is -6.03. The summed E-state index contributed by atoms with van der Waals surface area (Å²) in [6.07, 6.45) is 0.575. The summed E-state index contributed by atoms with van der Waals surface area (Å²) in [6, 6.07) is 2.20. The van der Waals surface area contributed by atoms with Crippen molar-refractivity contribution < 1.29 is 39.0 Å². The Kier molecular flexibility index (Phi) is 11.6. The first-order valence-electron chi connectivity index (χ1n) is 12.7. The van der Waals surface area contributed by atoms with Gasteiger partial charge < -0.3 is 42.6 Å². The fourth-order valence-corrected chi connectivity index (χ4v) is 4.01. The molecular weight excluding hydrogens is 524 g/mol. The number of primary amides is 1. The highest BCUT2D eigenvalue weighted by molar-refractivity contribution is 5.95. The van der Waals surface area contributed by atoms with E-state index in [1.54, 1.807) is 26.1 Å². The standard InChI is InChI=1S/C26H36N6O8/c1-13(2)22(26(39)40)32-25(38)19(11-14-12-29-17-6-4-3-5-15(14)17)31-24(37)18(8-9-20(28)33)30-23(36)16(27)7-10-21(34)35/h3-6,12-13,16,18-19,22,29H,7-11,27H2,1-2H3,(H2,28,33)(H,30,36)(H,31,37)(H,32,38)(H,34,35)(H,39,40). The molecule has 0 aliphatic heterocycles. The predicted molar refractivity (Wildman–Crippen MR) is 144 cm³/mol. The number of carbonyl (C=O) groups is 6. The molecule has 0 saturated carbocycles. The van der Waals surface area contributed by atoms with E-state index in [2.05, 4.69) is 20.9 Å². The van der Waals surface area contributed by atoms with Crippen LogP contribution in [0.3, 0.4) is 0 Å². The van der Waals surface area contributed by atoms with Crippen molar-refractivity contribution in [1.29, 1.82) is 0 Å². The number of aromatic amines is 1. The maximum absolute atomic E-state index is 13.3. The topological polar surface area (TPSA) is 247 Å². The van der Waals surface area contributed by atoms with Gasteiger partial charge >= 0.3 is 11.9 Å². The SMILES string of the molecule is CC(C)C(NC(=O)C(Cc1c[nH]c2ccccc12)NC(=O)C(CCC(N)=O)NC(=O)C(N)CCC(=O)O)C(=O)O. The van der Waals surface area contributed by atoms with Gasteiger partial charge in [0.1, 0.15) is 18.1 Å². The fraction of sp³-hybridized carbons (Fsp3) is 0.462. The third-order valence-corrected chi connectivity index (χ3v) is 6.28. The zero-order valence-electron chi connectivity index (χ0n) is 22.3. The Hall–Kier alpha value is -4.46. The van der Waals surface area contributed by atoms with Crippen LogP contribution in [0.25, 0.3) is 10.9 Å². The molecule has 4 atom stereocenters. The van der Waals surface area contributed by atoms with E-state index in [0.29, 0.717) is 5.56 Å². The van der Waals surface area contributed by atoms with E-state index in [0.717, 1.165) is 10.9 Å². The number of hydrogen-bond acceptors (Lipinski definition) is 7. The number of hydrogen-bond donors (Lipinski definition) is 8. The molecule has 4 unspecified atom stereocenters. The minimum atomic E-state index is -1.34. The number of para-hydroxylation sites is 1. The van der Waals surface area contributed by atoms with E-state index in [1.165, 1.54) is 0 Å². The number of aromatic nitrogens is 1. The summed E-state index contributed by atoms with van der Waals surface area (Å²) in [5, 5.41) is 26.6. The summed E-state index contributed by atoms with van der Waals surface area (Å²) in [7, 11) is 0. The Bertz CT molecular complexity index is 1240. The van der Waals surface area contributed by atoms with Crippen LogP contribution in [0.2, 0.25) is 0 Å². The van der Waals surface area contributed by atoms with Crippen LogP contribution in [-0.2, 0) is 35.2 Å². The van der Waals surface area contributed by atoms with Gasteiger partial charge in [-0.15, -0.1) is 0 Å². The normalized spacial score (nSPS) is 14.1. The van der Waals surface area contributed by atoms with Crippen LogP contribution in [0, 0.1) is 5.92 Å². The van der Waals surface area contributed by atoms with Crippen molar-refractivity contribution in [3.63, 3.8) is 0 Å². The molecule has 1 aromatic carbocycles. The maximum Gasteiger partial charge on any atom is 0.326 e. The average Bonchev–Trinajstić information content (AvgIpc) is 3.29. The van der Waals surface area contributed by atoms with Gasteiger partial charge in [0.2, 0.25) is 23.6 Å². The number of benzene rings is 1. The zero-order valence-corrected chi connectivity index (χ0v) is 22.3. The van der Waals surface area contributed by atoms with Crippen molar-refractivity contribution in [3.8, 4) is 0 Å². The minimum absolute atomic E-state index is 0.0272. The summed E-state index contributed by atoms with van der Waals surface area (Å²) in [5.41, 5.74) is 12.4. The molecule has 2 aromatic rings. The summed E-state index contributed by atoms with van der Waals surface area (Å²) < 4.78 is 0. The molecule has 0 saturated heterocycles. The van der Waals surface area contributed by atoms with Crippen molar-refractivity contribution in [2.45, 2.75) is 70.1 Å². The number of rotatable bonds is 16. The first-order chi connectivity index (χ1) is 18.8. The Balaban J connectivity index is 2.31. The number of carbonyl (C=O) groups excluding carboxylic acids is 4. The summed E-state index contributed by atoms with van der Waals surface area (Å²) >= 11 is 0. The molecule has 0 bridgehead atoms. The number of amides is 4. The second kappa shape index (κ2) is 14.6. The lowest BCUT2D eigenvalue weighted by molar-refractivity contribution is -0.143. The molecule has 14 heteroatoms. The second-order valence-electron chi connectivity index (χ2n) is 9.80. The molecular formula is C26H36N6O8. The molecule has 0 spiro atoms. The van der Waals surface area contributed by atoms with Crippen LogP contribution < -0.4 is 27.4 Å². The van der Waals surface area contributed by atoms with Crippen LogP contribution in [0.1, 0.15) is 45.1 Å². The van der Waals surface area contributed by atoms with Crippen molar-refractivity contribution in [2.24, 2.45) is 17.4 Å². The molecule has 10 N–H and O–H groups in total. The minimum Gasteiger partial charge on any atom is -0.481 e. The maximum atomic E-state index is 13.3. The van der Waals surface area contributed by atoms with Crippen LogP contribution in [0.15, 0.2) is 30.5 Å². The third kappa shape index (κ3) is 9.38. The van der Waals surface area contributed by atoms with E-state index >= 15 is 0 Å². The van der Waals surface area contributed by atoms with Gasteiger partial charge in [0.25, 0.3) is 0 Å². The van der Waals surface area contributed by atoms with E-state index in [4.69, 9.17) is 16.6 Å². The highest BCUT2D eigenvalue weighted by Crippen LogP contribution is 2.19. The number of nitrogens with one attached hydrogen (secondary N) is 4. The van der Waals surface area contributed by atoms with Gasteiger partial charge in [-0.3, -0.25) is 24.0 Å². The van der Waals surface area contributed by atoms with Crippen LogP contribution in [-0.4, -0.2) is 74.9 Å². The Morgan fingerprint density at radius 1 is 0.875 bits per heavy atom. The molecule has 14 nitrogen and oxygen atoms in total. The van der Waals surface area contributed by atoms with Gasteiger partial charge in [-0.25, -0.2) is 4.79 Å². The monoisotopic (exact) mass is 560 g/mol. The highest BCUT2D eigenvalue weighted by Gasteiger charge is 2.32. The van der Waals surface area contributed by atoms with Crippen LogP contribution in [0.4, 0.5) is 0 Å². The van der Waals surface area contributed by atoms with Crippen LogP contribution >= 0.6 is 0 Å². The molecule has 0 radical (unpaired) electrons. The smallest absolute Gasteiger partial charge is 0.326 e. The number of H-pyrrole nitrogens is 1. The number of aliphatic carboxylic acids is 2. The molecule has 1 heterocycles. The lowest BCUT2D eigenvalue weighted by Crippen LogP contribution is -2.58. The van der Waals surface area contributed by atoms with Gasteiger partial charge in [-0.05, 0) is 30.4 Å².